The first-order valence-corrected chi connectivity index (χ1v) is 12.5. The van der Waals surface area contributed by atoms with Crippen LogP contribution in [0, 0.1) is 0 Å². The van der Waals surface area contributed by atoms with E-state index in [4.69, 9.17) is 0 Å². The van der Waals surface area contributed by atoms with Gasteiger partial charge < -0.3 is 10.2 Å². The minimum Gasteiger partial charge on any atom is -0.357 e. The number of aromatic nitrogens is 5. The molecule has 1 amide bonds. The van der Waals surface area contributed by atoms with Crippen molar-refractivity contribution in [3.63, 3.8) is 0 Å². The first-order chi connectivity index (χ1) is 16.5. The topological polar surface area (TPSA) is 134 Å². The van der Waals surface area contributed by atoms with E-state index in [0.717, 1.165) is 37.1 Å². The number of sulfone groups is 1. The van der Waals surface area contributed by atoms with Crippen LogP contribution in [0.5, 0.6) is 0 Å². The number of carbonyl (C=O) groups is 1. The van der Waals surface area contributed by atoms with Gasteiger partial charge in [0.2, 0.25) is 9.84 Å². The number of piperidine rings is 1. The van der Waals surface area contributed by atoms with Gasteiger partial charge >= 0.3 is 0 Å². The van der Waals surface area contributed by atoms with Crippen molar-refractivity contribution in [3.05, 3.63) is 66.4 Å². The summed E-state index contributed by atoms with van der Waals surface area (Å²) in [7, 11) is -3.74. The third-order valence-corrected chi connectivity index (χ3v) is 7.53. The van der Waals surface area contributed by atoms with Gasteiger partial charge in [0.15, 0.2) is 5.65 Å². The van der Waals surface area contributed by atoms with Gasteiger partial charge in [-0.05, 0) is 49.6 Å². The molecule has 0 radical (unpaired) electrons. The SMILES string of the molecule is O=C(NCc1ccc(S(=O)(=O)c2ccc(N3CCCCC3)nc2)cn1)c1cnc2[nH]ncc2c1. The third kappa shape index (κ3) is 4.46. The second-order valence-corrected chi connectivity index (χ2v) is 10.1. The number of hydrogen-bond donors (Lipinski definition) is 2. The minimum atomic E-state index is -3.74. The van der Waals surface area contributed by atoms with Crippen molar-refractivity contribution in [1.82, 2.24) is 30.5 Å². The molecule has 0 unspecified atom stereocenters. The van der Waals surface area contributed by atoms with E-state index in [1.54, 1.807) is 30.5 Å². The Morgan fingerprint density at radius 3 is 2.41 bits per heavy atom. The van der Waals surface area contributed by atoms with Crippen LogP contribution in [0.15, 0.2) is 64.9 Å². The highest BCUT2D eigenvalue weighted by Crippen LogP contribution is 2.23. The van der Waals surface area contributed by atoms with Crippen molar-refractivity contribution >= 4 is 32.6 Å². The van der Waals surface area contributed by atoms with Crippen molar-refractivity contribution in [1.29, 1.82) is 0 Å². The summed E-state index contributed by atoms with van der Waals surface area (Å²) in [6.45, 7) is 2.03. The molecule has 34 heavy (non-hydrogen) atoms. The van der Waals surface area contributed by atoms with Crippen LogP contribution in [0.1, 0.15) is 35.3 Å². The standard InChI is InChI=1S/C23H23N7O3S/c31-23(17-10-16-12-28-29-22(16)26-11-17)27-13-18-4-5-19(14-24-18)34(32,33)20-6-7-21(25-15-20)30-8-2-1-3-9-30/h4-7,10-12,14-15H,1-3,8-9,13H2,(H,27,31)(H,26,28,29). The Labute approximate surface area is 196 Å². The number of rotatable bonds is 6. The van der Waals surface area contributed by atoms with Crippen molar-refractivity contribution in [2.24, 2.45) is 0 Å². The summed E-state index contributed by atoms with van der Waals surface area (Å²) in [4.78, 5) is 27.5. The highest BCUT2D eigenvalue weighted by Gasteiger charge is 2.20. The first kappa shape index (κ1) is 22.0. The smallest absolute Gasteiger partial charge is 0.253 e. The molecule has 10 nitrogen and oxygen atoms in total. The normalized spacial score (nSPS) is 14.3. The fourth-order valence-electron chi connectivity index (χ4n) is 3.89. The summed E-state index contributed by atoms with van der Waals surface area (Å²) < 4.78 is 26.0. The van der Waals surface area contributed by atoms with E-state index in [2.05, 4.69) is 35.4 Å². The fraction of sp³-hybridized carbons (Fsp3) is 0.261. The summed E-state index contributed by atoms with van der Waals surface area (Å²) in [5.74, 6) is 0.485. The molecule has 2 N–H and O–H groups in total. The lowest BCUT2D eigenvalue weighted by molar-refractivity contribution is 0.0950. The second kappa shape index (κ2) is 9.18. The van der Waals surface area contributed by atoms with E-state index in [1.165, 1.54) is 31.1 Å². The van der Waals surface area contributed by atoms with E-state index >= 15 is 0 Å². The van der Waals surface area contributed by atoms with E-state index in [-0.39, 0.29) is 22.2 Å². The van der Waals surface area contributed by atoms with Crippen molar-refractivity contribution < 1.29 is 13.2 Å². The number of nitrogens with zero attached hydrogens (tertiary/aromatic N) is 5. The Hall–Kier alpha value is -3.86. The molecule has 11 heteroatoms. The predicted molar refractivity (Wildman–Crippen MR) is 125 cm³/mol. The number of pyridine rings is 3. The molecular weight excluding hydrogens is 454 g/mol. The lowest BCUT2D eigenvalue weighted by atomic mass is 10.1. The molecule has 1 saturated heterocycles. The molecule has 0 aliphatic carbocycles. The lowest BCUT2D eigenvalue weighted by Crippen LogP contribution is -2.30. The van der Waals surface area contributed by atoms with E-state index in [9.17, 15) is 13.2 Å². The third-order valence-electron chi connectivity index (χ3n) is 5.80. The molecular formula is C23H23N7O3S. The molecule has 0 atom stereocenters. The van der Waals surface area contributed by atoms with Gasteiger partial charge in [-0.25, -0.2) is 18.4 Å². The summed E-state index contributed by atoms with van der Waals surface area (Å²) in [6.07, 6.45) is 9.22. The highest BCUT2D eigenvalue weighted by atomic mass is 32.2. The maximum Gasteiger partial charge on any atom is 0.253 e. The van der Waals surface area contributed by atoms with Gasteiger partial charge in [0.05, 0.1) is 33.8 Å². The maximum absolute atomic E-state index is 13.0. The van der Waals surface area contributed by atoms with Gasteiger partial charge in [-0.2, -0.15) is 5.10 Å². The zero-order chi connectivity index (χ0) is 23.5. The first-order valence-electron chi connectivity index (χ1n) is 11.0. The number of amides is 1. The number of carbonyl (C=O) groups excluding carboxylic acids is 1. The van der Waals surface area contributed by atoms with Crippen LogP contribution in [0.4, 0.5) is 5.82 Å². The fourth-order valence-corrected chi connectivity index (χ4v) is 5.04. The van der Waals surface area contributed by atoms with Gasteiger partial charge in [0, 0.05) is 37.1 Å². The van der Waals surface area contributed by atoms with E-state index < -0.39 is 9.84 Å². The lowest BCUT2D eigenvalue weighted by Gasteiger charge is -2.27. The van der Waals surface area contributed by atoms with Crippen LogP contribution >= 0.6 is 0 Å². The average molecular weight is 478 g/mol. The molecule has 5 heterocycles. The van der Waals surface area contributed by atoms with E-state index in [0.29, 0.717) is 16.9 Å². The van der Waals surface area contributed by atoms with Gasteiger partial charge in [0.25, 0.3) is 5.91 Å². The quantitative estimate of drug-likeness (QED) is 0.433. The van der Waals surface area contributed by atoms with Crippen LogP contribution in [-0.2, 0) is 16.4 Å². The summed E-state index contributed by atoms with van der Waals surface area (Å²) >= 11 is 0. The molecule has 0 aromatic carbocycles. The molecule has 5 rings (SSSR count). The number of aromatic amines is 1. The Kier molecular flexibility index (Phi) is 5.93. The Morgan fingerprint density at radius 1 is 0.941 bits per heavy atom. The van der Waals surface area contributed by atoms with Gasteiger partial charge in [0.1, 0.15) is 5.82 Å². The molecule has 0 spiro atoms. The van der Waals surface area contributed by atoms with Gasteiger partial charge in [-0.1, -0.05) is 0 Å². The van der Waals surface area contributed by atoms with Crippen molar-refractivity contribution in [2.75, 3.05) is 18.0 Å². The second-order valence-electron chi connectivity index (χ2n) is 8.10. The zero-order valence-electron chi connectivity index (χ0n) is 18.3. The van der Waals surface area contributed by atoms with Crippen LogP contribution < -0.4 is 10.2 Å². The van der Waals surface area contributed by atoms with Crippen LogP contribution in [0.3, 0.4) is 0 Å². The monoisotopic (exact) mass is 477 g/mol. The summed E-state index contributed by atoms with van der Waals surface area (Å²) in [5.41, 5.74) is 1.53. The Morgan fingerprint density at radius 2 is 1.71 bits per heavy atom. The summed E-state index contributed by atoms with van der Waals surface area (Å²) in [6, 6.07) is 8.10. The molecule has 1 aliphatic rings. The zero-order valence-corrected chi connectivity index (χ0v) is 19.1. The molecule has 4 aromatic heterocycles. The molecule has 4 aromatic rings. The Balaban J connectivity index is 1.24. The Bertz CT molecular complexity index is 1410. The van der Waals surface area contributed by atoms with Crippen molar-refractivity contribution in [2.45, 2.75) is 35.6 Å². The van der Waals surface area contributed by atoms with E-state index in [1.807, 2.05) is 0 Å². The summed E-state index contributed by atoms with van der Waals surface area (Å²) in [5, 5.41) is 10.1. The molecule has 174 valence electrons. The van der Waals surface area contributed by atoms with Crippen LogP contribution in [0.2, 0.25) is 0 Å². The maximum atomic E-state index is 13.0. The largest absolute Gasteiger partial charge is 0.357 e. The van der Waals surface area contributed by atoms with Crippen molar-refractivity contribution in [3.8, 4) is 0 Å². The number of anilines is 1. The predicted octanol–water partition coefficient (Wildman–Crippen LogP) is 2.50. The number of nitrogens with one attached hydrogen (secondary N) is 2. The average Bonchev–Trinajstić information content (AvgIpc) is 3.36. The van der Waals surface area contributed by atoms with Crippen LogP contribution in [0.25, 0.3) is 11.0 Å². The molecule has 1 fully saturated rings. The number of H-pyrrole nitrogens is 1. The van der Waals surface area contributed by atoms with Gasteiger partial charge in [-0.3, -0.25) is 14.9 Å². The molecule has 1 aliphatic heterocycles. The number of hydrogen-bond acceptors (Lipinski definition) is 8. The minimum absolute atomic E-state index is 0.0738. The molecule has 0 bridgehead atoms. The van der Waals surface area contributed by atoms with Gasteiger partial charge in [-0.15, -0.1) is 0 Å². The van der Waals surface area contributed by atoms with Crippen LogP contribution in [-0.4, -0.2) is 52.6 Å². The number of fused-ring (bicyclic) bond motifs is 1. The molecule has 0 saturated carbocycles. The highest BCUT2D eigenvalue weighted by molar-refractivity contribution is 7.91.